The van der Waals surface area contributed by atoms with Crippen LogP contribution in [0.4, 0.5) is 29.3 Å². The largest absolute Gasteiger partial charge is 0.453 e. The van der Waals surface area contributed by atoms with Crippen molar-refractivity contribution in [3.63, 3.8) is 0 Å². The Balaban J connectivity index is 2.49. The van der Waals surface area contributed by atoms with Crippen LogP contribution >= 0.6 is 0 Å². The summed E-state index contributed by atoms with van der Waals surface area (Å²) in [4.78, 5) is 22.4. The van der Waals surface area contributed by atoms with E-state index in [1.54, 1.807) is 12.1 Å². The molecular weight excluding hydrogens is 291 g/mol. The minimum Gasteiger partial charge on any atom is -0.453 e. The summed E-state index contributed by atoms with van der Waals surface area (Å²) in [5, 5.41) is 6.76. The van der Waals surface area contributed by atoms with Crippen LogP contribution in [0.2, 0.25) is 0 Å². The van der Waals surface area contributed by atoms with Gasteiger partial charge in [0.15, 0.2) is 0 Å². The summed E-state index contributed by atoms with van der Waals surface area (Å²) in [6.07, 6.45) is -5.05. The fourth-order valence-corrected chi connectivity index (χ4v) is 1.37. The molecule has 0 spiro atoms. The van der Waals surface area contributed by atoms with Crippen molar-refractivity contribution in [3.8, 4) is 0 Å². The first-order chi connectivity index (χ1) is 9.80. The van der Waals surface area contributed by atoms with Crippen LogP contribution in [-0.2, 0) is 9.53 Å². The average Bonchev–Trinajstić information content (AvgIpc) is 2.37. The number of amides is 2. The monoisotopic (exact) mass is 305 g/mol. The fraction of sp³-hybridized carbons (Fsp3) is 0.333. The molecule has 1 aromatic rings. The topological polar surface area (TPSA) is 79.5 Å². The van der Waals surface area contributed by atoms with Gasteiger partial charge in [0, 0.05) is 11.4 Å². The number of hydrogen-bond donors (Lipinski definition) is 3. The zero-order chi connectivity index (χ0) is 15.9. The maximum atomic E-state index is 11.9. The molecule has 0 radical (unpaired) electrons. The van der Waals surface area contributed by atoms with Gasteiger partial charge in [0.25, 0.3) is 0 Å². The van der Waals surface area contributed by atoms with Gasteiger partial charge in [-0.15, -0.1) is 0 Å². The lowest BCUT2D eigenvalue weighted by atomic mass is 10.2. The van der Waals surface area contributed by atoms with Crippen molar-refractivity contribution in [1.82, 2.24) is 5.32 Å². The number of ether oxygens (including phenoxy) is 1. The maximum Gasteiger partial charge on any atom is 0.411 e. The predicted octanol–water partition coefficient (Wildman–Crippen LogP) is 1.96. The number of carbonyl (C=O) groups excluding carboxylic acids is 2. The normalized spacial score (nSPS) is 10.9. The number of methoxy groups -OCH3 is 1. The Hall–Kier alpha value is -2.29. The Morgan fingerprint density at radius 3 is 2.38 bits per heavy atom. The summed E-state index contributed by atoms with van der Waals surface area (Å²) in [5.74, 6) is -0.630. The van der Waals surface area contributed by atoms with Crippen molar-refractivity contribution in [3.05, 3.63) is 24.3 Å². The highest BCUT2D eigenvalue weighted by Crippen LogP contribution is 2.15. The van der Waals surface area contributed by atoms with Gasteiger partial charge in [-0.2, -0.15) is 13.2 Å². The highest BCUT2D eigenvalue weighted by molar-refractivity contribution is 5.93. The average molecular weight is 305 g/mol. The Bertz CT molecular complexity index is 506. The van der Waals surface area contributed by atoms with E-state index in [1.807, 2.05) is 5.32 Å². The van der Waals surface area contributed by atoms with Crippen molar-refractivity contribution < 1.29 is 27.5 Å². The quantitative estimate of drug-likeness (QED) is 0.777. The molecule has 0 fully saturated rings. The Labute approximate surface area is 118 Å². The van der Waals surface area contributed by atoms with E-state index in [0.717, 1.165) is 0 Å². The second-order valence-corrected chi connectivity index (χ2v) is 3.96. The number of nitrogens with one attached hydrogen (secondary N) is 3. The molecule has 116 valence electrons. The minimum atomic E-state index is -4.37. The highest BCUT2D eigenvalue weighted by Gasteiger charge is 2.26. The van der Waals surface area contributed by atoms with Gasteiger partial charge in [-0.25, -0.2) is 4.79 Å². The number of halogens is 3. The van der Waals surface area contributed by atoms with Gasteiger partial charge in [0.2, 0.25) is 5.91 Å². The lowest BCUT2D eigenvalue weighted by molar-refractivity contribution is -0.126. The molecule has 1 rings (SSSR count). The molecule has 3 N–H and O–H groups in total. The van der Waals surface area contributed by atoms with Gasteiger partial charge < -0.3 is 15.4 Å². The van der Waals surface area contributed by atoms with Gasteiger partial charge in [0.05, 0.1) is 20.2 Å². The van der Waals surface area contributed by atoms with Gasteiger partial charge in [-0.3, -0.25) is 10.1 Å². The minimum absolute atomic E-state index is 0.336. The molecule has 0 saturated heterocycles. The molecule has 0 aliphatic carbocycles. The molecular formula is C12H14F3N3O3. The first-order valence-electron chi connectivity index (χ1n) is 5.82. The number of benzene rings is 1. The third kappa shape index (κ3) is 7.16. The molecule has 0 saturated carbocycles. The number of rotatable bonds is 5. The number of hydrogen-bond acceptors (Lipinski definition) is 4. The van der Waals surface area contributed by atoms with Crippen molar-refractivity contribution >= 4 is 23.4 Å². The van der Waals surface area contributed by atoms with Crippen molar-refractivity contribution in [1.29, 1.82) is 0 Å². The standard InChI is InChI=1S/C12H14F3N3O3/c1-21-11(20)18-9-4-2-3-8(5-9)17-10(19)6-16-7-12(13,14)15/h2-5,16H,6-7H2,1H3,(H,17,19)(H,18,20). The van der Waals surface area contributed by atoms with E-state index >= 15 is 0 Å². The number of alkyl halides is 3. The Morgan fingerprint density at radius 1 is 1.19 bits per heavy atom. The molecule has 0 aromatic heterocycles. The van der Waals surface area contributed by atoms with Crippen LogP contribution in [0.3, 0.4) is 0 Å². The molecule has 0 heterocycles. The molecule has 2 amide bonds. The third-order valence-corrected chi connectivity index (χ3v) is 2.19. The van der Waals surface area contributed by atoms with Crippen LogP contribution in [0, 0.1) is 0 Å². The molecule has 9 heteroatoms. The lowest BCUT2D eigenvalue weighted by Crippen LogP contribution is -2.35. The zero-order valence-electron chi connectivity index (χ0n) is 11.1. The molecule has 0 aliphatic heterocycles. The second-order valence-electron chi connectivity index (χ2n) is 3.96. The van der Waals surface area contributed by atoms with Crippen LogP contribution < -0.4 is 16.0 Å². The second kappa shape index (κ2) is 7.48. The van der Waals surface area contributed by atoms with Crippen LogP contribution in [-0.4, -0.2) is 38.4 Å². The summed E-state index contributed by atoms with van der Waals surface area (Å²) in [5.41, 5.74) is 0.714. The molecule has 0 aliphatic rings. The SMILES string of the molecule is COC(=O)Nc1cccc(NC(=O)CNCC(F)(F)F)c1. The zero-order valence-corrected chi connectivity index (χ0v) is 11.1. The van der Waals surface area contributed by atoms with Crippen LogP contribution in [0.1, 0.15) is 0 Å². The fourth-order valence-electron chi connectivity index (χ4n) is 1.37. The van der Waals surface area contributed by atoms with E-state index in [9.17, 15) is 22.8 Å². The van der Waals surface area contributed by atoms with Crippen molar-refractivity contribution in [2.75, 3.05) is 30.8 Å². The summed E-state index contributed by atoms with van der Waals surface area (Å²) in [7, 11) is 1.20. The maximum absolute atomic E-state index is 11.9. The Kier molecular flexibility index (Phi) is 5.97. The molecule has 21 heavy (non-hydrogen) atoms. The van der Waals surface area contributed by atoms with E-state index in [4.69, 9.17) is 0 Å². The molecule has 0 unspecified atom stereocenters. The van der Waals surface area contributed by atoms with Crippen LogP contribution in [0.15, 0.2) is 24.3 Å². The Morgan fingerprint density at radius 2 is 1.81 bits per heavy atom. The number of anilines is 2. The molecule has 6 nitrogen and oxygen atoms in total. The van der Waals surface area contributed by atoms with Gasteiger partial charge in [-0.05, 0) is 18.2 Å². The van der Waals surface area contributed by atoms with Gasteiger partial charge in [0.1, 0.15) is 0 Å². The van der Waals surface area contributed by atoms with E-state index in [0.29, 0.717) is 11.4 Å². The number of carbonyl (C=O) groups is 2. The van der Waals surface area contributed by atoms with E-state index in [1.165, 1.54) is 19.2 Å². The summed E-state index contributed by atoms with van der Waals surface area (Å²) >= 11 is 0. The summed E-state index contributed by atoms with van der Waals surface area (Å²) < 4.78 is 40.1. The van der Waals surface area contributed by atoms with Gasteiger partial charge >= 0.3 is 12.3 Å². The molecule has 1 aromatic carbocycles. The van der Waals surface area contributed by atoms with Gasteiger partial charge in [-0.1, -0.05) is 6.07 Å². The summed E-state index contributed by atoms with van der Waals surface area (Å²) in [6, 6.07) is 6.10. The summed E-state index contributed by atoms with van der Waals surface area (Å²) in [6.45, 7) is -1.72. The van der Waals surface area contributed by atoms with Crippen LogP contribution in [0.5, 0.6) is 0 Å². The lowest BCUT2D eigenvalue weighted by Gasteiger charge is -2.10. The van der Waals surface area contributed by atoms with E-state index < -0.39 is 31.3 Å². The van der Waals surface area contributed by atoms with Crippen LogP contribution in [0.25, 0.3) is 0 Å². The first-order valence-corrected chi connectivity index (χ1v) is 5.82. The first kappa shape index (κ1) is 16.8. The molecule has 0 bridgehead atoms. The third-order valence-electron chi connectivity index (χ3n) is 2.19. The highest BCUT2D eigenvalue weighted by atomic mass is 19.4. The smallest absolute Gasteiger partial charge is 0.411 e. The molecule has 0 atom stereocenters. The predicted molar refractivity (Wildman–Crippen MR) is 70.0 cm³/mol. The van der Waals surface area contributed by atoms with Crippen molar-refractivity contribution in [2.24, 2.45) is 0 Å². The van der Waals surface area contributed by atoms with E-state index in [2.05, 4.69) is 15.4 Å². The van der Waals surface area contributed by atoms with Crippen molar-refractivity contribution in [2.45, 2.75) is 6.18 Å². The van der Waals surface area contributed by atoms with E-state index in [-0.39, 0.29) is 0 Å².